The van der Waals surface area contributed by atoms with Gasteiger partial charge in [-0.15, -0.1) is 0 Å². The first-order chi connectivity index (χ1) is 8.70. The van der Waals surface area contributed by atoms with Gasteiger partial charge in [0.2, 0.25) is 0 Å². The smallest absolute Gasteiger partial charge is 0.251 e. The quantitative estimate of drug-likeness (QED) is 0.927. The van der Waals surface area contributed by atoms with Gasteiger partial charge in [-0.1, -0.05) is 22.9 Å². The number of halogens is 1. The lowest BCUT2D eigenvalue weighted by molar-refractivity contribution is 0.0941. The molecule has 1 aliphatic rings. The molecule has 1 saturated heterocycles. The molecule has 0 aliphatic carbocycles. The molecule has 1 N–H and O–H groups in total. The topological polar surface area (TPSA) is 32.3 Å². The van der Waals surface area contributed by atoms with Crippen LogP contribution >= 0.6 is 15.9 Å². The van der Waals surface area contributed by atoms with Crippen LogP contribution in [0.25, 0.3) is 0 Å². The summed E-state index contributed by atoms with van der Waals surface area (Å²) in [5, 5.41) is 3.03. The molecule has 0 bridgehead atoms. The van der Waals surface area contributed by atoms with E-state index >= 15 is 0 Å². The number of likely N-dealkylation sites (tertiary alicyclic amines) is 1. The molecule has 1 fully saturated rings. The van der Waals surface area contributed by atoms with E-state index in [-0.39, 0.29) is 5.91 Å². The predicted octanol–water partition coefficient (Wildman–Crippen LogP) is 2.66. The Kier molecular flexibility index (Phi) is 4.78. The van der Waals surface area contributed by atoms with E-state index in [2.05, 4.69) is 33.1 Å². The molecule has 1 amide bonds. The van der Waals surface area contributed by atoms with Gasteiger partial charge in [-0.05, 0) is 50.2 Å². The largest absolute Gasteiger partial charge is 0.350 e. The number of hydrogen-bond acceptors (Lipinski definition) is 2. The molecular weight excluding hydrogens is 292 g/mol. The van der Waals surface area contributed by atoms with E-state index in [1.54, 1.807) is 0 Å². The predicted molar refractivity (Wildman–Crippen MR) is 76.7 cm³/mol. The normalized spacial score (nSPS) is 20.0. The Balaban J connectivity index is 1.86. The minimum absolute atomic E-state index is 0.0189. The summed E-state index contributed by atoms with van der Waals surface area (Å²) < 4.78 is 0.993. The Morgan fingerprint density at radius 2 is 2.17 bits per heavy atom. The van der Waals surface area contributed by atoms with Crippen molar-refractivity contribution in [1.82, 2.24) is 10.2 Å². The highest BCUT2D eigenvalue weighted by molar-refractivity contribution is 9.10. The third-order valence-corrected chi connectivity index (χ3v) is 4.04. The Hall–Kier alpha value is -0.870. The van der Waals surface area contributed by atoms with Crippen molar-refractivity contribution in [3.8, 4) is 0 Å². The second-order valence-corrected chi connectivity index (χ2v) is 5.56. The van der Waals surface area contributed by atoms with Gasteiger partial charge < -0.3 is 5.32 Å². The summed E-state index contributed by atoms with van der Waals surface area (Å²) >= 11 is 3.37. The number of carbonyl (C=O) groups is 1. The summed E-state index contributed by atoms with van der Waals surface area (Å²) in [5.74, 6) is 0.0189. The summed E-state index contributed by atoms with van der Waals surface area (Å²) in [6.07, 6.45) is 2.43. The minimum Gasteiger partial charge on any atom is -0.350 e. The Morgan fingerprint density at radius 1 is 1.44 bits per heavy atom. The first-order valence-electron chi connectivity index (χ1n) is 6.48. The van der Waals surface area contributed by atoms with Crippen molar-refractivity contribution < 1.29 is 4.79 Å². The fourth-order valence-electron chi connectivity index (χ4n) is 2.46. The molecule has 0 unspecified atom stereocenters. The van der Waals surface area contributed by atoms with Crippen molar-refractivity contribution in [2.24, 2.45) is 0 Å². The van der Waals surface area contributed by atoms with Crippen molar-refractivity contribution in [2.45, 2.75) is 25.8 Å². The fraction of sp³-hybridized carbons (Fsp3) is 0.500. The number of likely N-dealkylation sites (N-methyl/N-ethyl adjacent to an activating group) is 1. The SMILES string of the molecule is CCN1CCC[C@H]1CNC(=O)c1ccc(Br)cc1. The molecule has 1 atom stereocenters. The highest BCUT2D eigenvalue weighted by Crippen LogP contribution is 2.16. The Morgan fingerprint density at radius 3 is 2.83 bits per heavy atom. The number of nitrogens with zero attached hydrogens (tertiary/aromatic N) is 1. The van der Waals surface area contributed by atoms with E-state index < -0.39 is 0 Å². The molecule has 0 aromatic heterocycles. The van der Waals surface area contributed by atoms with E-state index in [0.717, 1.165) is 29.7 Å². The number of benzene rings is 1. The van der Waals surface area contributed by atoms with Gasteiger partial charge in [0, 0.05) is 22.6 Å². The van der Waals surface area contributed by atoms with Crippen LogP contribution in [0.3, 0.4) is 0 Å². The standard InChI is InChI=1S/C14H19BrN2O/c1-2-17-9-3-4-13(17)10-16-14(18)11-5-7-12(15)8-6-11/h5-8,13H,2-4,9-10H2,1H3,(H,16,18)/t13-/m0/s1. The van der Waals surface area contributed by atoms with Gasteiger partial charge in [-0.2, -0.15) is 0 Å². The average Bonchev–Trinajstić information content (AvgIpc) is 2.84. The number of carbonyl (C=O) groups excluding carboxylic acids is 1. The van der Waals surface area contributed by atoms with Crippen molar-refractivity contribution >= 4 is 21.8 Å². The molecule has 0 spiro atoms. The summed E-state index contributed by atoms with van der Waals surface area (Å²) in [5.41, 5.74) is 0.722. The molecule has 1 aliphatic heterocycles. The monoisotopic (exact) mass is 310 g/mol. The second kappa shape index (κ2) is 6.34. The molecule has 4 heteroatoms. The van der Waals surface area contributed by atoms with Crippen LogP contribution in [0.1, 0.15) is 30.1 Å². The maximum Gasteiger partial charge on any atom is 0.251 e. The first kappa shape index (κ1) is 13.6. The zero-order valence-corrected chi connectivity index (χ0v) is 12.2. The zero-order valence-electron chi connectivity index (χ0n) is 10.7. The van der Waals surface area contributed by atoms with E-state index in [9.17, 15) is 4.79 Å². The highest BCUT2D eigenvalue weighted by Gasteiger charge is 2.23. The van der Waals surface area contributed by atoms with E-state index in [4.69, 9.17) is 0 Å². The van der Waals surface area contributed by atoms with Crippen molar-refractivity contribution in [2.75, 3.05) is 19.6 Å². The molecule has 1 aromatic carbocycles. The van der Waals surface area contributed by atoms with Gasteiger partial charge in [0.15, 0.2) is 0 Å². The summed E-state index contributed by atoms with van der Waals surface area (Å²) in [6.45, 7) is 5.16. The zero-order chi connectivity index (χ0) is 13.0. The van der Waals surface area contributed by atoms with E-state index in [1.807, 2.05) is 24.3 Å². The van der Waals surface area contributed by atoms with Gasteiger partial charge in [0.1, 0.15) is 0 Å². The molecule has 98 valence electrons. The van der Waals surface area contributed by atoms with Crippen LogP contribution in [-0.4, -0.2) is 36.5 Å². The van der Waals surface area contributed by atoms with Crippen molar-refractivity contribution in [3.63, 3.8) is 0 Å². The maximum atomic E-state index is 12.0. The van der Waals surface area contributed by atoms with Gasteiger partial charge >= 0.3 is 0 Å². The van der Waals surface area contributed by atoms with E-state index in [1.165, 1.54) is 12.8 Å². The number of nitrogens with one attached hydrogen (secondary N) is 1. The Labute approximate surface area is 117 Å². The molecule has 1 aromatic rings. The molecule has 18 heavy (non-hydrogen) atoms. The summed E-state index contributed by atoms with van der Waals surface area (Å²) in [6, 6.07) is 7.97. The van der Waals surface area contributed by atoms with Gasteiger partial charge in [0.25, 0.3) is 5.91 Å². The van der Waals surface area contributed by atoms with Crippen LogP contribution in [-0.2, 0) is 0 Å². The molecule has 0 radical (unpaired) electrons. The lowest BCUT2D eigenvalue weighted by Crippen LogP contribution is -2.40. The third-order valence-electron chi connectivity index (χ3n) is 3.51. The number of amides is 1. The lowest BCUT2D eigenvalue weighted by Gasteiger charge is -2.22. The molecule has 3 nitrogen and oxygen atoms in total. The molecular formula is C14H19BrN2O. The van der Waals surface area contributed by atoms with Crippen LogP contribution in [0.5, 0.6) is 0 Å². The second-order valence-electron chi connectivity index (χ2n) is 4.64. The maximum absolute atomic E-state index is 12.0. The molecule has 0 saturated carbocycles. The molecule has 1 heterocycles. The number of rotatable bonds is 4. The van der Waals surface area contributed by atoms with Crippen molar-refractivity contribution in [1.29, 1.82) is 0 Å². The van der Waals surface area contributed by atoms with E-state index in [0.29, 0.717) is 6.04 Å². The fourth-order valence-corrected chi connectivity index (χ4v) is 2.72. The van der Waals surface area contributed by atoms with Crippen molar-refractivity contribution in [3.05, 3.63) is 34.3 Å². The average molecular weight is 311 g/mol. The highest BCUT2D eigenvalue weighted by atomic mass is 79.9. The van der Waals surface area contributed by atoms with Crippen LogP contribution in [0, 0.1) is 0 Å². The summed E-state index contributed by atoms with van der Waals surface area (Å²) in [4.78, 5) is 14.4. The van der Waals surface area contributed by atoms with Crippen LogP contribution in [0.15, 0.2) is 28.7 Å². The molecule has 2 rings (SSSR count). The van der Waals surface area contributed by atoms with Gasteiger partial charge in [-0.25, -0.2) is 0 Å². The number of hydrogen-bond donors (Lipinski definition) is 1. The van der Waals surface area contributed by atoms with Crippen LogP contribution < -0.4 is 5.32 Å². The Bertz CT molecular complexity index is 405. The van der Waals surface area contributed by atoms with Crippen LogP contribution in [0.2, 0.25) is 0 Å². The van der Waals surface area contributed by atoms with Crippen LogP contribution in [0.4, 0.5) is 0 Å². The third kappa shape index (κ3) is 3.33. The first-order valence-corrected chi connectivity index (χ1v) is 7.28. The lowest BCUT2D eigenvalue weighted by atomic mass is 10.2. The van der Waals surface area contributed by atoms with Gasteiger partial charge in [-0.3, -0.25) is 9.69 Å². The van der Waals surface area contributed by atoms with Gasteiger partial charge in [0.05, 0.1) is 0 Å². The minimum atomic E-state index is 0.0189. The summed E-state index contributed by atoms with van der Waals surface area (Å²) in [7, 11) is 0.